The first kappa shape index (κ1) is 15.0. The van der Waals surface area contributed by atoms with Crippen molar-refractivity contribution in [2.24, 2.45) is 0 Å². The van der Waals surface area contributed by atoms with Crippen molar-refractivity contribution in [1.82, 2.24) is 20.1 Å². The molecule has 1 aromatic heterocycles. The Hall–Kier alpha value is -2.37. The number of methoxy groups -OCH3 is 1. The molecule has 6 nitrogen and oxygen atoms in total. The number of aromatic nitrogens is 3. The van der Waals surface area contributed by atoms with Crippen molar-refractivity contribution in [3.05, 3.63) is 42.0 Å². The molecule has 1 heterocycles. The van der Waals surface area contributed by atoms with Gasteiger partial charge in [-0.3, -0.25) is 4.79 Å². The first-order valence-electron chi connectivity index (χ1n) is 6.88. The van der Waals surface area contributed by atoms with Crippen LogP contribution < -0.4 is 10.1 Å². The zero-order valence-electron chi connectivity index (χ0n) is 12.5. The highest BCUT2D eigenvalue weighted by atomic mass is 16.5. The Morgan fingerprint density at radius 1 is 1.43 bits per heavy atom. The number of hydrogen-bond acceptors (Lipinski definition) is 4. The number of carbonyl (C=O) groups is 1. The van der Waals surface area contributed by atoms with E-state index in [0.717, 1.165) is 17.1 Å². The zero-order valence-corrected chi connectivity index (χ0v) is 12.5. The van der Waals surface area contributed by atoms with E-state index < -0.39 is 0 Å². The molecule has 0 unspecified atom stereocenters. The van der Waals surface area contributed by atoms with Gasteiger partial charge in [0.2, 0.25) is 5.91 Å². The Balaban J connectivity index is 1.91. The molecule has 0 radical (unpaired) electrons. The quantitative estimate of drug-likeness (QED) is 0.879. The van der Waals surface area contributed by atoms with Crippen molar-refractivity contribution in [2.45, 2.75) is 32.9 Å². The molecule has 0 spiro atoms. The van der Waals surface area contributed by atoms with Gasteiger partial charge in [0.1, 0.15) is 12.1 Å². The Morgan fingerprint density at radius 2 is 2.24 bits per heavy atom. The van der Waals surface area contributed by atoms with Crippen LogP contribution in [0.3, 0.4) is 0 Å². The molecule has 0 fully saturated rings. The van der Waals surface area contributed by atoms with Gasteiger partial charge in [-0.2, -0.15) is 0 Å². The molecule has 0 aliphatic carbocycles. The molecule has 1 amide bonds. The normalized spacial score (nSPS) is 10.7. The lowest BCUT2D eigenvalue weighted by atomic mass is 10.1. The van der Waals surface area contributed by atoms with E-state index in [2.05, 4.69) is 15.5 Å². The Morgan fingerprint density at radius 3 is 2.95 bits per heavy atom. The van der Waals surface area contributed by atoms with E-state index >= 15 is 0 Å². The summed E-state index contributed by atoms with van der Waals surface area (Å²) >= 11 is 0. The molecule has 0 aliphatic heterocycles. The van der Waals surface area contributed by atoms with E-state index in [1.54, 1.807) is 13.4 Å². The summed E-state index contributed by atoms with van der Waals surface area (Å²) in [5, 5.41) is 10.8. The first-order chi connectivity index (χ1) is 10.1. The third-order valence-corrected chi connectivity index (χ3v) is 3.15. The fourth-order valence-corrected chi connectivity index (χ4v) is 2.03. The second-order valence-corrected chi connectivity index (χ2v) is 5.05. The van der Waals surface area contributed by atoms with Crippen LogP contribution in [0.5, 0.6) is 5.75 Å². The van der Waals surface area contributed by atoms with E-state index in [1.165, 1.54) is 0 Å². The number of nitrogens with zero attached hydrogens (tertiary/aromatic N) is 3. The molecule has 0 bridgehead atoms. The highest BCUT2D eigenvalue weighted by Crippen LogP contribution is 2.13. The highest BCUT2D eigenvalue weighted by Gasteiger charge is 2.09. The molecule has 0 saturated heterocycles. The molecule has 2 aromatic rings. The summed E-state index contributed by atoms with van der Waals surface area (Å²) in [6, 6.07) is 7.75. The molecule has 1 N–H and O–H groups in total. The second-order valence-electron chi connectivity index (χ2n) is 5.05. The maximum atomic E-state index is 12.0. The van der Waals surface area contributed by atoms with E-state index in [4.69, 9.17) is 4.74 Å². The number of hydrogen-bond donors (Lipinski definition) is 1. The van der Waals surface area contributed by atoms with Crippen LogP contribution in [0.15, 0.2) is 30.6 Å². The molecule has 1 aromatic carbocycles. The van der Waals surface area contributed by atoms with Gasteiger partial charge >= 0.3 is 0 Å². The van der Waals surface area contributed by atoms with E-state index in [-0.39, 0.29) is 11.9 Å². The average Bonchev–Trinajstić information content (AvgIpc) is 2.94. The van der Waals surface area contributed by atoms with Gasteiger partial charge in [-0.1, -0.05) is 12.1 Å². The SMILES string of the molecule is COc1cccc(CC(=O)NCc2nncn2C(C)C)c1. The van der Waals surface area contributed by atoms with Gasteiger partial charge in [0, 0.05) is 6.04 Å². The van der Waals surface area contributed by atoms with Crippen molar-refractivity contribution < 1.29 is 9.53 Å². The van der Waals surface area contributed by atoms with Crippen molar-refractivity contribution in [1.29, 1.82) is 0 Å². The van der Waals surface area contributed by atoms with Gasteiger partial charge in [0.25, 0.3) is 0 Å². The van der Waals surface area contributed by atoms with Crippen LogP contribution in [0.2, 0.25) is 0 Å². The average molecular weight is 288 g/mol. The van der Waals surface area contributed by atoms with Gasteiger partial charge < -0.3 is 14.6 Å². The predicted octanol–water partition coefficient (Wildman–Crippen LogP) is 1.73. The van der Waals surface area contributed by atoms with Crippen LogP contribution in [-0.2, 0) is 17.8 Å². The third kappa shape index (κ3) is 4.05. The summed E-state index contributed by atoms with van der Waals surface area (Å²) in [4.78, 5) is 12.0. The number of amides is 1. The molecule has 2 rings (SSSR count). The summed E-state index contributed by atoms with van der Waals surface area (Å²) in [6.45, 7) is 4.47. The minimum Gasteiger partial charge on any atom is -0.497 e. The summed E-state index contributed by atoms with van der Waals surface area (Å²) in [7, 11) is 1.61. The molecular formula is C15H20N4O2. The molecule has 6 heteroatoms. The lowest BCUT2D eigenvalue weighted by Gasteiger charge is -2.11. The van der Waals surface area contributed by atoms with Crippen molar-refractivity contribution in [3.63, 3.8) is 0 Å². The standard InChI is InChI=1S/C15H20N4O2/c1-11(2)19-10-17-18-14(19)9-16-15(20)8-12-5-4-6-13(7-12)21-3/h4-7,10-11H,8-9H2,1-3H3,(H,16,20). The maximum absolute atomic E-state index is 12.0. The number of benzene rings is 1. The Kier molecular flexibility index (Phi) is 4.92. The van der Waals surface area contributed by atoms with E-state index in [1.807, 2.05) is 42.7 Å². The monoisotopic (exact) mass is 288 g/mol. The number of ether oxygens (including phenoxy) is 1. The molecule has 0 aliphatic rings. The van der Waals surface area contributed by atoms with Crippen molar-refractivity contribution >= 4 is 5.91 Å². The predicted molar refractivity (Wildman–Crippen MR) is 79.0 cm³/mol. The Bertz CT molecular complexity index is 607. The smallest absolute Gasteiger partial charge is 0.224 e. The number of rotatable bonds is 6. The number of carbonyl (C=O) groups excluding carboxylic acids is 1. The largest absolute Gasteiger partial charge is 0.497 e. The molecule has 112 valence electrons. The maximum Gasteiger partial charge on any atom is 0.224 e. The summed E-state index contributed by atoms with van der Waals surface area (Å²) in [5.74, 6) is 1.45. The number of nitrogens with one attached hydrogen (secondary N) is 1. The van der Waals surface area contributed by atoms with Crippen molar-refractivity contribution in [2.75, 3.05) is 7.11 Å². The fourth-order valence-electron chi connectivity index (χ4n) is 2.03. The van der Waals surface area contributed by atoms with Gasteiger partial charge in [-0.05, 0) is 31.5 Å². The summed E-state index contributed by atoms with van der Waals surface area (Å²) in [5.41, 5.74) is 0.914. The van der Waals surface area contributed by atoms with Crippen LogP contribution in [-0.4, -0.2) is 27.8 Å². The van der Waals surface area contributed by atoms with Crippen molar-refractivity contribution in [3.8, 4) is 5.75 Å². The lowest BCUT2D eigenvalue weighted by molar-refractivity contribution is -0.120. The van der Waals surface area contributed by atoms with Crippen LogP contribution >= 0.6 is 0 Å². The second kappa shape index (κ2) is 6.88. The third-order valence-electron chi connectivity index (χ3n) is 3.15. The van der Waals surface area contributed by atoms with Gasteiger partial charge in [-0.25, -0.2) is 0 Å². The lowest BCUT2D eigenvalue weighted by Crippen LogP contribution is -2.26. The molecule has 0 atom stereocenters. The van der Waals surface area contributed by atoms with E-state index in [0.29, 0.717) is 13.0 Å². The summed E-state index contributed by atoms with van der Waals surface area (Å²) in [6.07, 6.45) is 1.99. The van der Waals surface area contributed by atoms with Crippen LogP contribution in [0.1, 0.15) is 31.3 Å². The van der Waals surface area contributed by atoms with Crippen LogP contribution in [0.4, 0.5) is 0 Å². The minimum absolute atomic E-state index is 0.0541. The molecular weight excluding hydrogens is 268 g/mol. The fraction of sp³-hybridized carbons (Fsp3) is 0.400. The van der Waals surface area contributed by atoms with Gasteiger partial charge in [-0.15, -0.1) is 10.2 Å². The minimum atomic E-state index is -0.0541. The van der Waals surface area contributed by atoms with Gasteiger partial charge in [0.05, 0.1) is 20.1 Å². The van der Waals surface area contributed by atoms with Crippen LogP contribution in [0.25, 0.3) is 0 Å². The topological polar surface area (TPSA) is 69.0 Å². The van der Waals surface area contributed by atoms with Crippen LogP contribution in [0, 0.1) is 0 Å². The zero-order chi connectivity index (χ0) is 15.2. The first-order valence-corrected chi connectivity index (χ1v) is 6.88. The highest BCUT2D eigenvalue weighted by molar-refractivity contribution is 5.78. The summed E-state index contributed by atoms with van der Waals surface area (Å²) < 4.78 is 7.08. The molecule has 21 heavy (non-hydrogen) atoms. The molecule has 0 saturated carbocycles. The van der Waals surface area contributed by atoms with Gasteiger partial charge in [0.15, 0.2) is 5.82 Å². The van der Waals surface area contributed by atoms with E-state index in [9.17, 15) is 4.79 Å². The Labute approximate surface area is 124 Å².